The summed E-state index contributed by atoms with van der Waals surface area (Å²) in [5, 5.41) is 26.4. The highest BCUT2D eigenvalue weighted by atomic mass is 16.4. The molecule has 1 heterocycles. The lowest BCUT2D eigenvalue weighted by Gasteiger charge is -2.29. The second kappa shape index (κ2) is 6.26. The Labute approximate surface area is 108 Å². The number of hydrogen-bond acceptors (Lipinski definition) is 6. The Kier molecular flexibility index (Phi) is 5.25. The van der Waals surface area contributed by atoms with Crippen molar-refractivity contribution in [2.75, 3.05) is 26.8 Å². The molecule has 0 aliphatic heterocycles. The monoisotopic (exact) mass is 257 g/mol. The molecule has 0 spiro atoms. The molecule has 0 saturated heterocycles. The molecule has 6 nitrogen and oxygen atoms in total. The molecule has 104 valence electrons. The van der Waals surface area contributed by atoms with Gasteiger partial charge in [0.25, 0.3) is 0 Å². The van der Waals surface area contributed by atoms with Crippen LogP contribution in [0.3, 0.4) is 0 Å². The smallest absolute Gasteiger partial charge is 0.230 e. The summed E-state index contributed by atoms with van der Waals surface area (Å²) in [7, 11) is 1.89. The molecule has 0 bridgehead atoms. The summed E-state index contributed by atoms with van der Waals surface area (Å²) in [6.45, 7) is 6.76. The molecule has 0 unspecified atom stereocenters. The molecule has 0 aliphatic carbocycles. The van der Waals surface area contributed by atoms with E-state index in [1.165, 1.54) is 0 Å². The van der Waals surface area contributed by atoms with Gasteiger partial charge in [-0.15, -0.1) is 10.2 Å². The fraction of sp³-hybridized carbons (Fsp3) is 0.833. The average Bonchev–Trinajstić information content (AvgIpc) is 2.77. The molecule has 0 aliphatic rings. The van der Waals surface area contributed by atoms with E-state index >= 15 is 0 Å². The predicted octanol–water partition coefficient (Wildman–Crippen LogP) is 0.616. The van der Waals surface area contributed by atoms with Crippen LogP contribution in [0.25, 0.3) is 0 Å². The Morgan fingerprint density at radius 3 is 2.33 bits per heavy atom. The Hall–Kier alpha value is -0.980. The van der Waals surface area contributed by atoms with Crippen LogP contribution in [0.15, 0.2) is 4.42 Å². The van der Waals surface area contributed by atoms with Gasteiger partial charge in [0.15, 0.2) is 0 Å². The van der Waals surface area contributed by atoms with E-state index in [-0.39, 0.29) is 19.1 Å². The normalized spacial score (nSPS) is 12.7. The lowest BCUT2D eigenvalue weighted by molar-refractivity contribution is 0.0382. The molecule has 0 amide bonds. The molecule has 0 aromatic carbocycles. The highest BCUT2D eigenvalue weighted by molar-refractivity contribution is 4.87. The van der Waals surface area contributed by atoms with Gasteiger partial charge in [-0.3, -0.25) is 4.90 Å². The van der Waals surface area contributed by atoms with Gasteiger partial charge >= 0.3 is 0 Å². The van der Waals surface area contributed by atoms with Crippen molar-refractivity contribution in [2.45, 2.75) is 33.2 Å². The maximum Gasteiger partial charge on any atom is 0.230 e. The first kappa shape index (κ1) is 15.1. The standard InChI is InChI=1S/C12H23N3O3/c1-9(2)11-14-13-10(18-11)5-15(4)6-12(3,7-16)8-17/h9,16-17H,5-8H2,1-4H3. The van der Waals surface area contributed by atoms with Crippen LogP contribution < -0.4 is 0 Å². The molecule has 0 saturated carbocycles. The van der Waals surface area contributed by atoms with Crippen molar-refractivity contribution >= 4 is 0 Å². The summed E-state index contributed by atoms with van der Waals surface area (Å²) in [5.74, 6) is 1.40. The first-order valence-electron chi connectivity index (χ1n) is 6.13. The van der Waals surface area contributed by atoms with Gasteiger partial charge in [0, 0.05) is 17.9 Å². The van der Waals surface area contributed by atoms with Gasteiger partial charge < -0.3 is 14.6 Å². The third kappa shape index (κ3) is 4.04. The lowest BCUT2D eigenvalue weighted by atomic mass is 9.92. The predicted molar refractivity (Wildman–Crippen MR) is 67.0 cm³/mol. The maximum atomic E-state index is 9.24. The third-order valence-electron chi connectivity index (χ3n) is 2.80. The van der Waals surface area contributed by atoms with E-state index in [2.05, 4.69) is 10.2 Å². The van der Waals surface area contributed by atoms with E-state index in [0.717, 1.165) is 0 Å². The van der Waals surface area contributed by atoms with Crippen LogP contribution in [0.2, 0.25) is 0 Å². The van der Waals surface area contributed by atoms with Crippen LogP contribution in [-0.4, -0.2) is 52.1 Å². The number of aromatic nitrogens is 2. The highest BCUT2D eigenvalue weighted by Gasteiger charge is 2.25. The summed E-state index contributed by atoms with van der Waals surface area (Å²) in [5.41, 5.74) is -0.518. The van der Waals surface area contributed by atoms with Crippen molar-refractivity contribution in [2.24, 2.45) is 5.41 Å². The molecule has 1 rings (SSSR count). The van der Waals surface area contributed by atoms with Crippen LogP contribution in [0.4, 0.5) is 0 Å². The number of rotatable bonds is 7. The summed E-state index contributed by atoms with van der Waals surface area (Å²) < 4.78 is 5.51. The minimum Gasteiger partial charge on any atom is -0.424 e. The first-order valence-corrected chi connectivity index (χ1v) is 6.13. The van der Waals surface area contributed by atoms with E-state index in [1.807, 2.05) is 32.7 Å². The van der Waals surface area contributed by atoms with Crippen molar-refractivity contribution in [1.82, 2.24) is 15.1 Å². The zero-order chi connectivity index (χ0) is 13.8. The average molecular weight is 257 g/mol. The molecular weight excluding hydrogens is 234 g/mol. The van der Waals surface area contributed by atoms with E-state index in [0.29, 0.717) is 24.9 Å². The van der Waals surface area contributed by atoms with Crippen molar-refractivity contribution in [1.29, 1.82) is 0 Å². The summed E-state index contributed by atoms with van der Waals surface area (Å²) in [6, 6.07) is 0. The maximum absolute atomic E-state index is 9.24. The van der Waals surface area contributed by atoms with Gasteiger partial charge in [-0.05, 0) is 7.05 Å². The number of aliphatic hydroxyl groups excluding tert-OH is 2. The highest BCUT2D eigenvalue weighted by Crippen LogP contribution is 2.17. The Morgan fingerprint density at radius 1 is 1.28 bits per heavy atom. The number of nitrogens with zero attached hydrogens (tertiary/aromatic N) is 3. The zero-order valence-electron chi connectivity index (χ0n) is 11.6. The molecule has 0 fully saturated rings. The first-order chi connectivity index (χ1) is 8.40. The largest absolute Gasteiger partial charge is 0.424 e. The molecule has 18 heavy (non-hydrogen) atoms. The van der Waals surface area contributed by atoms with Crippen LogP contribution in [0, 0.1) is 5.41 Å². The molecule has 0 radical (unpaired) electrons. The quantitative estimate of drug-likeness (QED) is 0.745. The zero-order valence-corrected chi connectivity index (χ0v) is 11.6. The summed E-state index contributed by atoms with van der Waals surface area (Å²) in [6.07, 6.45) is 0. The van der Waals surface area contributed by atoms with E-state index in [9.17, 15) is 10.2 Å². The molecule has 1 aromatic rings. The number of hydrogen-bond donors (Lipinski definition) is 2. The topological polar surface area (TPSA) is 82.6 Å². The third-order valence-corrected chi connectivity index (χ3v) is 2.80. The van der Waals surface area contributed by atoms with Gasteiger partial charge in [-0.2, -0.15) is 0 Å². The second-order valence-corrected chi connectivity index (χ2v) is 5.49. The number of aliphatic hydroxyl groups is 2. The second-order valence-electron chi connectivity index (χ2n) is 5.49. The van der Waals surface area contributed by atoms with Crippen LogP contribution >= 0.6 is 0 Å². The van der Waals surface area contributed by atoms with E-state index < -0.39 is 5.41 Å². The minimum absolute atomic E-state index is 0.0606. The van der Waals surface area contributed by atoms with Crippen molar-refractivity contribution in [3.8, 4) is 0 Å². The van der Waals surface area contributed by atoms with Crippen LogP contribution in [0.1, 0.15) is 38.5 Å². The fourth-order valence-corrected chi connectivity index (χ4v) is 1.65. The van der Waals surface area contributed by atoms with Gasteiger partial charge in [-0.1, -0.05) is 20.8 Å². The summed E-state index contributed by atoms with van der Waals surface area (Å²) >= 11 is 0. The molecule has 0 atom stereocenters. The molecular formula is C12H23N3O3. The van der Waals surface area contributed by atoms with Gasteiger partial charge in [-0.25, -0.2) is 0 Å². The Balaban J connectivity index is 2.56. The van der Waals surface area contributed by atoms with Gasteiger partial charge in [0.1, 0.15) is 0 Å². The minimum atomic E-state index is -0.518. The van der Waals surface area contributed by atoms with Crippen molar-refractivity contribution in [3.63, 3.8) is 0 Å². The molecule has 2 N–H and O–H groups in total. The Bertz CT molecular complexity index is 361. The van der Waals surface area contributed by atoms with Crippen molar-refractivity contribution < 1.29 is 14.6 Å². The molecule has 6 heteroatoms. The molecule has 1 aromatic heterocycles. The van der Waals surface area contributed by atoms with E-state index in [1.54, 1.807) is 0 Å². The Morgan fingerprint density at radius 2 is 1.89 bits per heavy atom. The van der Waals surface area contributed by atoms with Crippen LogP contribution in [-0.2, 0) is 6.54 Å². The van der Waals surface area contributed by atoms with Gasteiger partial charge in [0.2, 0.25) is 11.8 Å². The van der Waals surface area contributed by atoms with Gasteiger partial charge in [0.05, 0.1) is 19.8 Å². The van der Waals surface area contributed by atoms with Crippen molar-refractivity contribution in [3.05, 3.63) is 11.8 Å². The summed E-state index contributed by atoms with van der Waals surface area (Å²) in [4.78, 5) is 1.95. The lowest BCUT2D eigenvalue weighted by Crippen LogP contribution is -2.38. The fourth-order valence-electron chi connectivity index (χ4n) is 1.65. The van der Waals surface area contributed by atoms with Crippen LogP contribution in [0.5, 0.6) is 0 Å². The SMILES string of the molecule is CC(C)c1nnc(CN(C)CC(C)(CO)CO)o1. The van der Waals surface area contributed by atoms with E-state index in [4.69, 9.17) is 4.42 Å².